The molecule has 24 heavy (non-hydrogen) atoms. The van der Waals surface area contributed by atoms with Gasteiger partial charge in [-0.3, -0.25) is 0 Å². The van der Waals surface area contributed by atoms with E-state index >= 15 is 0 Å². The zero-order valence-corrected chi connectivity index (χ0v) is 14.0. The Kier molecular flexibility index (Phi) is 5.33. The maximum atomic E-state index is 12.3. The molecule has 1 fully saturated rings. The van der Waals surface area contributed by atoms with Gasteiger partial charge < -0.3 is 15.3 Å². The van der Waals surface area contributed by atoms with E-state index in [-0.39, 0.29) is 17.1 Å². The van der Waals surface area contributed by atoms with Crippen molar-refractivity contribution in [2.45, 2.75) is 18.9 Å². The number of piperidine rings is 1. The lowest BCUT2D eigenvalue weighted by molar-refractivity contribution is 0.0683. The van der Waals surface area contributed by atoms with Crippen LogP contribution in [0.4, 0.5) is 10.5 Å². The van der Waals surface area contributed by atoms with Crippen LogP contribution in [0.2, 0.25) is 5.15 Å². The average molecular weight is 346 g/mol. The zero-order valence-electron chi connectivity index (χ0n) is 13.2. The van der Waals surface area contributed by atoms with Crippen molar-refractivity contribution in [3.8, 4) is 0 Å². The van der Waals surface area contributed by atoms with Crippen molar-refractivity contribution in [2.75, 3.05) is 18.4 Å². The molecular weight excluding hydrogens is 326 g/mol. The smallest absolute Gasteiger partial charge is 0.321 e. The van der Waals surface area contributed by atoms with Gasteiger partial charge in [-0.15, -0.1) is 0 Å². The number of amides is 2. The minimum Gasteiger partial charge on any atom is -0.388 e. The second-order valence-electron chi connectivity index (χ2n) is 5.95. The molecule has 1 aliphatic rings. The highest BCUT2D eigenvalue weighted by atomic mass is 35.5. The number of nitrogens with zero attached hydrogens (tertiary/aromatic N) is 2. The van der Waals surface area contributed by atoms with E-state index < -0.39 is 6.10 Å². The van der Waals surface area contributed by atoms with Crippen LogP contribution in [0.1, 0.15) is 24.5 Å². The van der Waals surface area contributed by atoms with E-state index in [1.54, 1.807) is 23.2 Å². The van der Waals surface area contributed by atoms with Crippen molar-refractivity contribution in [3.63, 3.8) is 0 Å². The van der Waals surface area contributed by atoms with Crippen LogP contribution < -0.4 is 5.32 Å². The van der Waals surface area contributed by atoms with E-state index in [0.29, 0.717) is 18.8 Å². The fourth-order valence-electron chi connectivity index (χ4n) is 3.01. The molecule has 2 heterocycles. The first-order chi connectivity index (χ1) is 11.6. The van der Waals surface area contributed by atoms with Crippen molar-refractivity contribution in [2.24, 2.45) is 5.92 Å². The fourth-order valence-corrected chi connectivity index (χ4v) is 3.18. The molecule has 0 radical (unpaired) electrons. The van der Waals surface area contributed by atoms with Crippen molar-refractivity contribution in [1.29, 1.82) is 0 Å². The molecule has 0 bridgehead atoms. The number of halogens is 1. The lowest BCUT2D eigenvalue weighted by Gasteiger charge is -2.34. The molecule has 0 saturated carbocycles. The number of anilines is 1. The predicted octanol–water partition coefficient (Wildman–Crippen LogP) is 3.71. The van der Waals surface area contributed by atoms with Crippen molar-refractivity contribution >= 4 is 23.3 Å². The van der Waals surface area contributed by atoms with Gasteiger partial charge in [0.15, 0.2) is 5.15 Å². The van der Waals surface area contributed by atoms with Gasteiger partial charge in [-0.05, 0) is 36.5 Å². The van der Waals surface area contributed by atoms with Crippen LogP contribution in [0.5, 0.6) is 0 Å². The predicted molar refractivity (Wildman–Crippen MR) is 94.0 cm³/mol. The van der Waals surface area contributed by atoms with Crippen LogP contribution in [-0.4, -0.2) is 34.1 Å². The molecule has 1 atom stereocenters. The van der Waals surface area contributed by atoms with E-state index in [9.17, 15) is 9.90 Å². The van der Waals surface area contributed by atoms with Gasteiger partial charge in [0.2, 0.25) is 0 Å². The molecule has 1 unspecified atom stereocenters. The quantitative estimate of drug-likeness (QED) is 0.833. The summed E-state index contributed by atoms with van der Waals surface area (Å²) in [5.41, 5.74) is 1.44. The van der Waals surface area contributed by atoms with Crippen LogP contribution in [-0.2, 0) is 0 Å². The highest BCUT2D eigenvalue weighted by molar-refractivity contribution is 6.32. The number of urea groups is 1. The van der Waals surface area contributed by atoms with E-state index in [1.165, 1.54) is 0 Å². The highest BCUT2D eigenvalue weighted by Crippen LogP contribution is 2.31. The summed E-state index contributed by atoms with van der Waals surface area (Å²) in [7, 11) is 0. The molecule has 2 aromatic rings. The summed E-state index contributed by atoms with van der Waals surface area (Å²) < 4.78 is 0. The Hall–Kier alpha value is -2.11. The number of benzene rings is 1. The number of pyridine rings is 1. The van der Waals surface area contributed by atoms with Crippen LogP contribution in [0.15, 0.2) is 48.7 Å². The normalized spacial score (nSPS) is 16.7. The summed E-state index contributed by atoms with van der Waals surface area (Å²) in [4.78, 5) is 18.0. The molecule has 0 aliphatic carbocycles. The monoisotopic (exact) mass is 345 g/mol. The molecule has 126 valence electrons. The lowest BCUT2D eigenvalue weighted by atomic mass is 9.87. The number of hydrogen-bond donors (Lipinski definition) is 2. The van der Waals surface area contributed by atoms with Gasteiger partial charge in [-0.1, -0.05) is 41.9 Å². The molecule has 1 saturated heterocycles. The van der Waals surface area contributed by atoms with E-state index in [1.807, 2.05) is 30.3 Å². The second kappa shape index (κ2) is 7.64. The molecule has 2 amide bonds. The Labute approximate surface area is 146 Å². The molecular formula is C18H20ClN3O2. The third kappa shape index (κ3) is 3.86. The first kappa shape index (κ1) is 16.7. The number of likely N-dealkylation sites (tertiary alicyclic amines) is 1. The van der Waals surface area contributed by atoms with Crippen molar-refractivity contribution in [3.05, 3.63) is 59.4 Å². The summed E-state index contributed by atoms with van der Waals surface area (Å²) in [6, 6.07) is 12.9. The molecule has 0 spiro atoms. The van der Waals surface area contributed by atoms with Gasteiger partial charge in [0.1, 0.15) is 0 Å². The first-order valence-corrected chi connectivity index (χ1v) is 8.42. The standard InChI is InChI=1S/C18H20ClN3O2/c19-17-15(7-4-10-20-17)21-18(24)22-11-8-14(9-12-22)16(23)13-5-2-1-3-6-13/h1-7,10,14,16,23H,8-9,11-12H2,(H,21,24). The largest absolute Gasteiger partial charge is 0.388 e. The first-order valence-electron chi connectivity index (χ1n) is 8.04. The summed E-state index contributed by atoms with van der Waals surface area (Å²) in [6.07, 6.45) is 2.63. The number of aliphatic hydroxyl groups excluding tert-OH is 1. The molecule has 6 heteroatoms. The number of nitrogens with one attached hydrogen (secondary N) is 1. The molecule has 1 aromatic heterocycles. The molecule has 3 rings (SSSR count). The lowest BCUT2D eigenvalue weighted by Crippen LogP contribution is -2.42. The minimum atomic E-state index is -0.482. The molecule has 1 aliphatic heterocycles. The number of aromatic nitrogens is 1. The maximum Gasteiger partial charge on any atom is 0.321 e. The SMILES string of the molecule is O=C(Nc1cccnc1Cl)N1CCC(C(O)c2ccccc2)CC1. The fraction of sp³-hybridized carbons (Fsp3) is 0.333. The van der Waals surface area contributed by atoms with Crippen molar-refractivity contribution in [1.82, 2.24) is 9.88 Å². The summed E-state index contributed by atoms with van der Waals surface area (Å²) in [6.45, 7) is 1.22. The Morgan fingerprint density at radius 3 is 2.58 bits per heavy atom. The molecule has 1 aromatic carbocycles. The average Bonchev–Trinajstić information content (AvgIpc) is 2.64. The van der Waals surface area contributed by atoms with Gasteiger partial charge in [0.05, 0.1) is 11.8 Å². The molecule has 2 N–H and O–H groups in total. The highest BCUT2D eigenvalue weighted by Gasteiger charge is 2.28. The van der Waals surface area contributed by atoms with Crippen LogP contribution in [0, 0.1) is 5.92 Å². The van der Waals surface area contributed by atoms with Crippen LogP contribution in [0.3, 0.4) is 0 Å². The maximum absolute atomic E-state index is 12.3. The van der Waals surface area contributed by atoms with Gasteiger partial charge in [-0.2, -0.15) is 0 Å². The van der Waals surface area contributed by atoms with E-state index in [2.05, 4.69) is 10.3 Å². The summed E-state index contributed by atoms with van der Waals surface area (Å²) >= 11 is 5.96. The third-order valence-corrected chi connectivity index (χ3v) is 4.72. The summed E-state index contributed by atoms with van der Waals surface area (Å²) in [5, 5.41) is 13.6. The van der Waals surface area contributed by atoms with Crippen LogP contribution >= 0.6 is 11.6 Å². The Morgan fingerprint density at radius 1 is 1.21 bits per heavy atom. The number of aliphatic hydroxyl groups is 1. The summed E-state index contributed by atoms with van der Waals surface area (Å²) in [5.74, 6) is 0.165. The Balaban J connectivity index is 1.55. The van der Waals surface area contributed by atoms with Crippen LogP contribution in [0.25, 0.3) is 0 Å². The third-order valence-electron chi connectivity index (χ3n) is 4.42. The topological polar surface area (TPSA) is 65.5 Å². The zero-order chi connectivity index (χ0) is 16.9. The van der Waals surface area contributed by atoms with Gasteiger partial charge >= 0.3 is 6.03 Å². The number of carbonyl (C=O) groups is 1. The van der Waals surface area contributed by atoms with Crippen molar-refractivity contribution < 1.29 is 9.90 Å². The number of rotatable bonds is 3. The molecule has 5 nitrogen and oxygen atoms in total. The second-order valence-corrected chi connectivity index (χ2v) is 6.31. The Morgan fingerprint density at radius 2 is 1.92 bits per heavy atom. The van der Waals surface area contributed by atoms with Gasteiger partial charge in [0.25, 0.3) is 0 Å². The van der Waals surface area contributed by atoms with Gasteiger partial charge in [-0.25, -0.2) is 9.78 Å². The van der Waals surface area contributed by atoms with Gasteiger partial charge in [0, 0.05) is 19.3 Å². The number of carbonyl (C=O) groups excluding carboxylic acids is 1. The number of hydrogen-bond acceptors (Lipinski definition) is 3. The minimum absolute atomic E-state index is 0.165. The Bertz CT molecular complexity index is 688. The van der Waals surface area contributed by atoms with E-state index in [0.717, 1.165) is 18.4 Å². The van der Waals surface area contributed by atoms with E-state index in [4.69, 9.17) is 11.6 Å².